The summed E-state index contributed by atoms with van der Waals surface area (Å²) in [5.74, 6) is 0. The second kappa shape index (κ2) is 6.75. The molecular formula is C17H24ClNO. The van der Waals surface area contributed by atoms with Gasteiger partial charge in [0, 0.05) is 17.6 Å². The molecule has 1 aromatic rings. The summed E-state index contributed by atoms with van der Waals surface area (Å²) in [6.45, 7) is 10.6. The molecule has 20 heavy (non-hydrogen) atoms. The first kappa shape index (κ1) is 15.6. The highest BCUT2D eigenvalue weighted by atomic mass is 35.5. The average molecular weight is 294 g/mol. The summed E-state index contributed by atoms with van der Waals surface area (Å²) in [6, 6.07) is 6.58. The summed E-state index contributed by atoms with van der Waals surface area (Å²) in [7, 11) is 0. The second-order valence-corrected chi connectivity index (χ2v) is 6.52. The van der Waals surface area contributed by atoms with Crippen molar-refractivity contribution in [1.82, 2.24) is 5.32 Å². The molecule has 110 valence electrons. The first-order valence-corrected chi connectivity index (χ1v) is 7.63. The number of benzene rings is 1. The average Bonchev–Trinajstić information content (AvgIpc) is 2.64. The molecule has 2 rings (SSSR count). The molecule has 0 aliphatic heterocycles. The molecule has 2 nitrogen and oxygen atoms in total. The van der Waals surface area contributed by atoms with Gasteiger partial charge in [-0.25, -0.2) is 0 Å². The second-order valence-electron chi connectivity index (χ2n) is 6.09. The van der Waals surface area contributed by atoms with Crippen molar-refractivity contribution in [3.8, 4) is 0 Å². The van der Waals surface area contributed by atoms with E-state index in [2.05, 4.69) is 37.9 Å². The summed E-state index contributed by atoms with van der Waals surface area (Å²) in [4.78, 5) is 0. The van der Waals surface area contributed by atoms with Crippen LogP contribution in [0.5, 0.6) is 0 Å². The zero-order chi connectivity index (χ0) is 14.6. The third-order valence-electron chi connectivity index (χ3n) is 3.91. The SMILES string of the molecule is C=CCCOCCNC1c2cc(Cl)ccc2CC1(C)C. The zero-order valence-corrected chi connectivity index (χ0v) is 13.2. The van der Waals surface area contributed by atoms with Crippen molar-refractivity contribution in [3.05, 3.63) is 47.0 Å². The predicted molar refractivity (Wildman–Crippen MR) is 85.3 cm³/mol. The molecule has 1 N–H and O–H groups in total. The molecule has 0 saturated heterocycles. The maximum absolute atomic E-state index is 6.14. The number of nitrogens with one attached hydrogen (secondary N) is 1. The molecule has 0 spiro atoms. The van der Waals surface area contributed by atoms with E-state index in [-0.39, 0.29) is 5.41 Å². The fourth-order valence-electron chi connectivity index (χ4n) is 2.94. The Hall–Kier alpha value is -0.830. The molecule has 1 aliphatic rings. The van der Waals surface area contributed by atoms with Crippen molar-refractivity contribution in [2.75, 3.05) is 19.8 Å². The van der Waals surface area contributed by atoms with Crippen molar-refractivity contribution < 1.29 is 4.74 Å². The smallest absolute Gasteiger partial charge is 0.0591 e. The number of hydrogen-bond acceptors (Lipinski definition) is 2. The highest BCUT2D eigenvalue weighted by Crippen LogP contribution is 2.45. The van der Waals surface area contributed by atoms with Gasteiger partial charge in [0.1, 0.15) is 0 Å². The molecule has 0 bridgehead atoms. The largest absolute Gasteiger partial charge is 0.380 e. The summed E-state index contributed by atoms with van der Waals surface area (Å²) in [6.07, 6.45) is 3.88. The van der Waals surface area contributed by atoms with Gasteiger partial charge < -0.3 is 10.1 Å². The van der Waals surface area contributed by atoms with E-state index in [0.717, 1.165) is 37.6 Å². The minimum atomic E-state index is 0.216. The molecule has 3 heteroatoms. The lowest BCUT2D eigenvalue weighted by Gasteiger charge is -2.28. The van der Waals surface area contributed by atoms with Crippen LogP contribution in [-0.4, -0.2) is 19.8 Å². The first-order chi connectivity index (χ1) is 9.54. The Morgan fingerprint density at radius 1 is 1.45 bits per heavy atom. The van der Waals surface area contributed by atoms with Gasteiger partial charge in [0.05, 0.1) is 13.2 Å². The highest BCUT2D eigenvalue weighted by molar-refractivity contribution is 6.30. The molecule has 0 radical (unpaired) electrons. The van der Waals surface area contributed by atoms with E-state index in [0.29, 0.717) is 6.04 Å². The Labute approximate surface area is 127 Å². The lowest BCUT2D eigenvalue weighted by atomic mass is 9.85. The van der Waals surface area contributed by atoms with Crippen LogP contribution in [0.1, 0.15) is 37.4 Å². The van der Waals surface area contributed by atoms with Crippen molar-refractivity contribution >= 4 is 11.6 Å². The van der Waals surface area contributed by atoms with Crippen LogP contribution >= 0.6 is 11.6 Å². The fourth-order valence-corrected chi connectivity index (χ4v) is 3.12. The van der Waals surface area contributed by atoms with Gasteiger partial charge in [-0.15, -0.1) is 6.58 Å². The van der Waals surface area contributed by atoms with Crippen molar-refractivity contribution in [2.24, 2.45) is 5.41 Å². The number of ether oxygens (including phenoxy) is 1. The van der Waals surface area contributed by atoms with Crippen LogP contribution in [0.4, 0.5) is 0 Å². The molecule has 0 heterocycles. The molecule has 1 atom stereocenters. The quantitative estimate of drug-likeness (QED) is 0.602. The summed E-state index contributed by atoms with van der Waals surface area (Å²) in [5.41, 5.74) is 2.96. The van der Waals surface area contributed by atoms with Crippen molar-refractivity contribution in [2.45, 2.75) is 32.7 Å². The number of rotatable bonds is 7. The topological polar surface area (TPSA) is 21.3 Å². The molecule has 0 aromatic heterocycles. The van der Waals surface area contributed by atoms with E-state index in [1.54, 1.807) is 0 Å². The van der Waals surface area contributed by atoms with Gasteiger partial charge >= 0.3 is 0 Å². The van der Waals surface area contributed by atoms with Crippen LogP contribution in [-0.2, 0) is 11.2 Å². The summed E-state index contributed by atoms with van der Waals surface area (Å²) < 4.78 is 5.55. The standard InChI is InChI=1S/C17H24ClNO/c1-4-5-9-20-10-8-19-16-15-11-14(18)7-6-13(15)12-17(16,2)3/h4,6-7,11,16,19H,1,5,8-10,12H2,2-3H3. The lowest BCUT2D eigenvalue weighted by molar-refractivity contribution is 0.132. The molecule has 0 amide bonds. The van der Waals surface area contributed by atoms with Crippen molar-refractivity contribution in [1.29, 1.82) is 0 Å². The van der Waals surface area contributed by atoms with Crippen LogP contribution in [0, 0.1) is 5.41 Å². The summed E-state index contributed by atoms with van der Waals surface area (Å²) >= 11 is 6.14. The Balaban J connectivity index is 1.93. The Morgan fingerprint density at radius 3 is 3.00 bits per heavy atom. The minimum Gasteiger partial charge on any atom is -0.380 e. The highest BCUT2D eigenvalue weighted by Gasteiger charge is 2.38. The number of fused-ring (bicyclic) bond motifs is 1. The zero-order valence-electron chi connectivity index (χ0n) is 12.4. The van der Waals surface area contributed by atoms with E-state index in [1.807, 2.05) is 12.1 Å². The molecular weight excluding hydrogens is 270 g/mol. The maximum atomic E-state index is 6.14. The fraction of sp³-hybridized carbons (Fsp3) is 0.529. The van der Waals surface area contributed by atoms with Gasteiger partial charge in [-0.1, -0.05) is 37.6 Å². The molecule has 0 saturated carbocycles. The van der Waals surface area contributed by atoms with Crippen LogP contribution in [0.2, 0.25) is 5.02 Å². The normalized spacial score (nSPS) is 19.9. The van der Waals surface area contributed by atoms with Gasteiger partial charge in [-0.05, 0) is 41.5 Å². The third-order valence-corrected chi connectivity index (χ3v) is 4.14. The van der Waals surface area contributed by atoms with E-state index >= 15 is 0 Å². The van der Waals surface area contributed by atoms with Crippen LogP contribution in [0.15, 0.2) is 30.9 Å². The van der Waals surface area contributed by atoms with Gasteiger partial charge in [-0.3, -0.25) is 0 Å². The van der Waals surface area contributed by atoms with Gasteiger partial charge in [-0.2, -0.15) is 0 Å². The molecule has 1 aromatic carbocycles. The van der Waals surface area contributed by atoms with E-state index < -0.39 is 0 Å². The van der Waals surface area contributed by atoms with Crippen LogP contribution in [0.3, 0.4) is 0 Å². The van der Waals surface area contributed by atoms with E-state index in [4.69, 9.17) is 16.3 Å². The number of halogens is 1. The predicted octanol–water partition coefficient (Wildman–Crippen LogP) is 4.15. The Bertz CT molecular complexity index is 470. The van der Waals surface area contributed by atoms with Crippen molar-refractivity contribution in [3.63, 3.8) is 0 Å². The van der Waals surface area contributed by atoms with Gasteiger partial charge in [0.2, 0.25) is 0 Å². The maximum Gasteiger partial charge on any atom is 0.0591 e. The Morgan fingerprint density at radius 2 is 2.25 bits per heavy atom. The summed E-state index contributed by atoms with van der Waals surface area (Å²) in [5, 5.41) is 4.44. The minimum absolute atomic E-state index is 0.216. The molecule has 0 fully saturated rings. The van der Waals surface area contributed by atoms with E-state index in [9.17, 15) is 0 Å². The third kappa shape index (κ3) is 3.63. The van der Waals surface area contributed by atoms with E-state index in [1.165, 1.54) is 11.1 Å². The number of hydrogen-bond donors (Lipinski definition) is 1. The Kier molecular flexibility index (Phi) is 5.25. The molecule has 1 unspecified atom stereocenters. The van der Waals surface area contributed by atoms with Crippen LogP contribution < -0.4 is 5.32 Å². The lowest BCUT2D eigenvalue weighted by Crippen LogP contribution is -2.33. The monoisotopic (exact) mass is 293 g/mol. The van der Waals surface area contributed by atoms with Crippen LogP contribution in [0.25, 0.3) is 0 Å². The first-order valence-electron chi connectivity index (χ1n) is 7.25. The van der Waals surface area contributed by atoms with Gasteiger partial charge in [0.15, 0.2) is 0 Å². The van der Waals surface area contributed by atoms with Gasteiger partial charge in [0.25, 0.3) is 0 Å². The molecule has 1 aliphatic carbocycles.